The first-order valence-electron chi connectivity index (χ1n) is 4.97. The first-order chi connectivity index (χ1) is 7.21. The van der Waals surface area contributed by atoms with Gasteiger partial charge in [-0.15, -0.1) is 0 Å². The second-order valence-electron chi connectivity index (χ2n) is 3.86. The Hall–Kier alpha value is -1.33. The molecule has 0 aliphatic carbocycles. The molecule has 0 bridgehead atoms. The van der Waals surface area contributed by atoms with Crippen molar-refractivity contribution >= 4 is 5.91 Å². The molecule has 4 N–H and O–H groups in total. The first-order valence-corrected chi connectivity index (χ1v) is 4.97. The number of nitrogens with one attached hydrogen (secondary N) is 2. The van der Waals surface area contributed by atoms with Gasteiger partial charge >= 0.3 is 0 Å². The molecule has 15 heavy (non-hydrogen) atoms. The lowest BCUT2D eigenvalue weighted by atomic mass is 9.99. The van der Waals surface area contributed by atoms with Crippen molar-refractivity contribution in [2.75, 3.05) is 13.2 Å². The molecule has 1 amide bonds. The highest BCUT2D eigenvalue weighted by Gasteiger charge is 2.37. The van der Waals surface area contributed by atoms with Gasteiger partial charge in [0.05, 0.1) is 6.61 Å². The summed E-state index contributed by atoms with van der Waals surface area (Å²) in [5.74, 6) is -0.138. The SMILES string of the molecule is NC1(C(=O)NCc2cc[nH]c2)CCOC1. The van der Waals surface area contributed by atoms with E-state index in [1.54, 1.807) is 0 Å². The van der Waals surface area contributed by atoms with Gasteiger partial charge in [0.2, 0.25) is 5.91 Å². The number of aromatic nitrogens is 1. The number of carbonyl (C=O) groups excluding carboxylic acids is 1. The maximum Gasteiger partial charge on any atom is 0.242 e. The molecule has 5 nitrogen and oxygen atoms in total. The molecule has 1 aromatic heterocycles. The summed E-state index contributed by atoms with van der Waals surface area (Å²) in [6.07, 6.45) is 4.25. The normalized spacial score (nSPS) is 25.4. The maximum atomic E-state index is 11.7. The third kappa shape index (κ3) is 2.19. The minimum atomic E-state index is -0.837. The molecule has 0 saturated carbocycles. The van der Waals surface area contributed by atoms with Crippen molar-refractivity contribution in [1.82, 2.24) is 10.3 Å². The van der Waals surface area contributed by atoms with E-state index >= 15 is 0 Å². The Bertz CT molecular complexity index is 328. The van der Waals surface area contributed by atoms with Gasteiger partial charge in [0.25, 0.3) is 0 Å². The molecule has 1 unspecified atom stereocenters. The van der Waals surface area contributed by atoms with Crippen molar-refractivity contribution in [3.63, 3.8) is 0 Å². The van der Waals surface area contributed by atoms with Gasteiger partial charge in [0.15, 0.2) is 0 Å². The summed E-state index contributed by atoms with van der Waals surface area (Å²) in [5.41, 5.74) is 6.09. The van der Waals surface area contributed by atoms with Crippen LogP contribution in [-0.2, 0) is 16.1 Å². The summed E-state index contributed by atoms with van der Waals surface area (Å²) in [5, 5.41) is 2.80. The fourth-order valence-corrected chi connectivity index (χ4v) is 1.59. The van der Waals surface area contributed by atoms with Crippen molar-refractivity contribution < 1.29 is 9.53 Å². The van der Waals surface area contributed by atoms with E-state index in [-0.39, 0.29) is 5.91 Å². The summed E-state index contributed by atoms with van der Waals surface area (Å²) in [4.78, 5) is 14.7. The molecular weight excluding hydrogens is 194 g/mol. The molecule has 0 radical (unpaired) electrons. The molecule has 1 saturated heterocycles. The van der Waals surface area contributed by atoms with E-state index < -0.39 is 5.54 Å². The number of H-pyrrole nitrogens is 1. The number of carbonyl (C=O) groups is 1. The number of rotatable bonds is 3. The number of aromatic amines is 1. The Labute approximate surface area is 88.0 Å². The van der Waals surface area contributed by atoms with Crippen molar-refractivity contribution in [1.29, 1.82) is 0 Å². The zero-order valence-electron chi connectivity index (χ0n) is 8.45. The molecule has 2 heterocycles. The highest BCUT2D eigenvalue weighted by atomic mass is 16.5. The number of ether oxygens (including phenoxy) is 1. The van der Waals surface area contributed by atoms with Crippen molar-refractivity contribution in [2.45, 2.75) is 18.5 Å². The molecule has 2 rings (SSSR count). The molecule has 1 aromatic rings. The molecule has 1 fully saturated rings. The van der Waals surface area contributed by atoms with E-state index in [9.17, 15) is 4.79 Å². The lowest BCUT2D eigenvalue weighted by molar-refractivity contribution is -0.126. The Morgan fingerprint density at radius 1 is 1.73 bits per heavy atom. The first kappa shape index (κ1) is 10.2. The maximum absolute atomic E-state index is 11.7. The fraction of sp³-hybridized carbons (Fsp3) is 0.500. The predicted molar refractivity (Wildman–Crippen MR) is 55.0 cm³/mol. The largest absolute Gasteiger partial charge is 0.379 e. The van der Waals surface area contributed by atoms with Crippen LogP contribution in [-0.4, -0.2) is 29.6 Å². The zero-order valence-corrected chi connectivity index (χ0v) is 8.45. The Morgan fingerprint density at radius 2 is 2.60 bits per heavy atom. The van der Waals surface area contributed by atoms with E-state index in [1.165, 1.54) is 0 Å². The van der Waals surface area contributed by atoms with Crippen LogP contribution < -0.4 is 11.1 Å². The molecule has 1 atom stereocenters. The quantitative estimate of drug-likeness (QED) is 0.642. The van der Waals surface area contributed by atoms with Gasteiger partial charge in [-0.3, -0.25) is 4.79 Å². The summed E-state index contributed by atoms with van der Waals surface area (Å²) in [7, 11) is 0. The molecule has 1 aliphatic rings. The monoisotopic (exact) mass is 209 g/mol. The van der Waals surface area contributed by atoms with Gasteiger partial charge in [-0.2, -0.15) is 0 Å². The van der Waals surface area contributed by atoms with Gasteiger partial charge in [0, 0.05) is 25.5 Å². The topological polar surface area (TPSA) is 80.1 Å². The zero-order chi connectivity index (χ0) is 10.7. The summed E-state index contributed by atoms with van der Waals surface area (Å²) in [6, 6.07) is 1.91. The van der Waals surface area contributed by atoms with E-state index in [2.05, 4.69) is 10.3 Å². The molecule has 1 aliphatic heterocycles. The van der Waals surface area contributed by atoms with Crippen LogP contribution in [0.2, 0.25) is 0 Å². The Morgan fingerprint density at radius 3 is 3.20 bits per heavy atom. The van der Waals surface area contributed by atoms with Crippen LogP contribution in [0.5, 0.6) is 0 Å². The molecule has 0 aromatic carbocycles. The van der Waals surface area contributed by atoms with Gasteiger partial charge in [-0.25, -0.2) is 0 Å². The van der Waals surface area contributed by atoms with Crippen LogP contribution in [0.15, 0.2) is 18.5 Å². The number of nitrogens with two attached hydrogens (primary N) is 1. The summed E-state index contributed by atoms with van der Waals surface area (Å²) < 4.78 is 5.13. The molecule has 82 valence electrons. The van der Waals surface area contributed by atoms with Crippen molar-refractivity contribution in [2.24, 2.45) is 5.73 Å². The smallest absolute Gasteiger partial charge is 0.242 e. The molecular formula is C10H15N3O2. The Kier molecular flexibility index (Phi) is 2.75. The predicted octanol–water partition coefficient (Wildman–Crippen LogP) is -0.251. The number of hydrogen-bond donors (Lipinski definition) is 3. The highest BCUT2D eigenvalue weighted by molar-refractivity contribution is 5.86. The van der Waals surface area contributed by atoms with Crippen LogP contribution in [0, 0.1) is 0 Å². The third-order valence-electron chi connectivity index (χ3n) is 2.62. The average Bonchev–Trinajstić information content (AvgIpc) is 2.85. The minimum Gasteiger partial charge on any atom is -0.379 e. The molecule has 0 spiro atoms. The van der Waals surface area contributed by atoms with E-state index in [0.717, 1.165) is 5.56 Å². The van der Waals surface area contributed by atoms with E-state index in [0.29, 0.717) is 26.2 Å². The second kappa shape index (κ2) is 4.04. The summed E-state index contributed by atoms with van der Waals surface area (Å²) in [6.45, 7) is 1.38. The second-order valence-corrected chi connectivity index (χ2v) is 3.86. The summed E-state index contributed by atoms with van der Waals surface area (Å²) >= 11 is 0. The van der Waals surface area contributed by atoms with Crippen molar-refractivity contribution in [3.05, 3.63) is 24.0 Å². The Balaban J connectivity index is 1.87. The average molecular weight is 209 g/mol. The lowest BCUT2D eigenvalue weighted by Gasteiger charge is -2.20. The van der Waals surface area contributed by atoms with Gasteiger partial charge in [0.1, 0.15) is 5.54 Å². The van der Waals surface area contributed by atoms with Gasteiger partial charge in [-0.05, 0) is 18.1 Å². The number of amides is 1. The van der Waals surface area contributed by atoms with E-state index in [1.807, 2.05) is 18.5 Å². The minimum absolute atomic E-state index is 0.138. The van der Waals surface area contributed by atoms with Crippen molar-refractivity contribution in [3.8, 4) is 0 Å². The van der Waals surface area contributed by atoms with Gasteiger partial charge in [-0.1, -0.05) is 0 Å². The van der Waals surface area contributed by atoms with Crippen LogP contribution in [0.3, 0.4) is 0 Å². The van der Waals surface area contributed by atoms with Crippen LogP contribution in [0.4, 0.5) is 0 Å². The van der Waals surface area contributed by atoms with E-state index in [4.69, 9.17) is 10.5 Å². The van der Waals surface area contributed by atoms with Crippen LogP contribution in [0.1, 0.15) is 12.0 Å². The van der Waals surface area contributed by atoms with Crippen LogP contribution >= 0.6 is 0 Å². The molecule has 5 heteroatoms. The highest BCUT2D eigenvalue weighted by Crippen LogP contribution is 2.15. The lowest BCUT2D eigenvalue weighted by Crippen LogP contribution is -2.54. The fourth-order valence-electron chi connectivity index (χ4n) is 1.59. The van der Waals surface area contributed by atoms with Gasteiger partial charge < -0.3 is 20.8 Å². The number of hydrogen-bond acceptors (Lipinski definition) is 3. The third-order valence-corrected chi connectivity index (χ3v) is 2.62. The standard InChI is InChI=1S/C10H15N3O2/c11-10(2-4-15-7-10)9(14)13-6-8-1-3-12-5-8/h1,3,5,12H,2,4,6-7,11H2,(H,13,14). The van der Waals surface area contributed by atoms with Crippen LogP contribution in [0.25, 0.3) is 0 Å².